The van der Waals surface area contributed by atoms with E-state index >= 15 is 0 Å². The Kier molecular flexibility index (Phi) is 3.82. The Morgan fingerprint density at radius 3 is 2.89 bits per heavy atom. The van der Waals surface area contributed by atoms with Crippen molar-refractivity contribution in [2.45, 2.75) is 26.2 Å². The van der Waals surface area contributed by atoms with E-state index in [-0.39, 0.29) is 5.92 Å². The molecule has 0 aliphatic carbocycles. The van der Waals surface area contributed by atoms with Crippen LogP contribution in [0.5, 0.6) is 5.75 Å². The number of rotatable bonds is 5. The predicted octanol–water partition coefficient (Wildman–Crippen LogP) is 2.40. The maximum absolute atomic E-state index is 5.66. The SMILES string of the molecule is CC(C)c1noc(CCOc2cccc(N)c2)n1. The van der Waals surface area contributed by atoms with Gasteiger partial charge in [-0.15, -0.1) is 0 Å². The van der Waals surface area contributed by atoms with E-state index in [2.05, 4.69) is 10.1 Å². The van der Waals surface area contributed by atoms with Gasteiger partial charge in [0.05, 0.1) is 13.0 Å². The Labute approximate surface area is 106 Å². The zero-order valence-corrected chi connectivity index (χ0v) is 10.6. The highest BCUT2D eigenvalue weighted by atomic mass is 16.5. The van der Waals surface area contributed by atoms with Gasteiger partial charge >= 0.3 is 0 Å². The number of ether oxygens (including phenoxy) is 1. The number of nitrogens with two attached hydrogens (primary N) is 1. The second kappa shape index (κ2) is 5.53. The Hall–Kier alpha value is -2.04. The highest BCUT2D eigenvalue weighted by Crippen LogP contribution is 2.15. The van der Waals surface area contributed by atoms with Gasteiger partial charge in [-0.3, -0.25) is 0 Å². The lowest BCUT2D eigenvalue weighted by atomic mass is 10.2. The van der Waals surface area contributed by atoms with Gasteiger partial charge < -0.3 is 15.0 Å². The molecular formula is C13H17N3O2. The van der Waals surface area contributed by atoms with E-state index in [0.29, 0.717) is 24.6 Å². The lowest BCUT2D eigenvalue weighted by molar-refractivity contribution is 0.292. The molecule has 0 atom stereocenters. The number of benzene rings is 1. The fraction of sp³-hybridized carbons (Fsp3) is 0.385. The molecule has 0 unspecified atom stereocenters. The smallest absolute Gasteiger partial charge is 0.230 e. The minimum absolute atomic E-state index is 0.275. The van der Waals surface area contributed by atoms with Gasteiger partial charge in [-0.05, 0) is 12.1 Å². The molecular weight excluding hydrogens is 230 g/mol. The molecule has 0 aliphatic heterocycles. The predicted molar refractivity (Wildman–Crippen MR) is 68.4 cm³/mol. The molecule has 1 aromatic heterocycles. The normalized spacial score (nSPS) is 10.8. The van der Waals surface area contributed by atoms with E-state index in [1.54, 1.807) is 6.07 Å². The van der Waals surface area contributed by atoms with Crippen molar-refractivity contribution in [3.8, 4) is 5.75 Å². The lowest BCUT2D eigenvalue weighted by Crippen LogP contribution is -2.02. The molecule has 96 valence electrons. The highest BCUT2D eigenvalue weighted by Gasteiger charge is 2.09. The largest absolute Gasteiger partial charge is 0.493 e. The van der Waals surface area contributed by atoms with Crippen molar-refractivity contribution in [2.24, 2.45) is 0 Å². The fourth-order valence-corrected chi connectivity index (χ4v) is 1.46. The van der Waals surface area contributed by atoms with Crippen LogP contribution in [0.2, 0.25) is 0 Å². The summed E-state index contributed by atoms with van der Waals surface area (Å²) in [5, 5.41) is 3.89. The molecule has 1 heterocycles. The summed E-state index contributed by atoms with van der Waals surface area (Å²) in [6.07, 6.45) is 0.592. The lowest BCUT2D eigenvalue weighted by Gasteiger charge is -2.04. The molecule has 0 aliphatic rings. The molecule has 2 aromatic rings. The van der Waals surface area contributed by atoms with Crippen LogP contribution in [-0.2, 0) is 6.42 Å². The number of hydrogen-bond acceptors (Lipinski definition) is 5. The molecule has 18 heavy (non-hydrogen) atoms. The van der Waals surface area contributed by atoms with Crippen molar-refractivity contribution in [3.05, 3.63) is 36.0 Å². The third-order valence-electron chi connectivity index (χ3n) is 2.44. The van der Waals surface area contributed by atoms with Crippen LogP contribution in [0.3, 0.4) is 0 Å². The number of anilines is 1. The van der Waals surface area contributed by atoms with Gasteiger partial charge in [0.25, 0.3) is 0 Å². The van der Waals surface area contributed by atoms with Crippen LogP contribution in [-0.4, -0.2) is 16.7 Å². The van der Waals surface area contributed by atoms with Crippen LogP contribution >= 0.6 is 0 Å². The first-order chi connectivity index (χ1) is 8.65. The molecule has 5 nitrogen and oxygen atoms in total. The number of nitrogens with zero attached hydrogens (tertiary/aromatic N) is 2. The number of aromatic nitrogens is 2. The monoisotopic (exact) mass is 247 g/mol. The molecule has 0 radical (unpaired) electrons. The topological polar surface area (TPSA) is 74.2 Å². The second-order valence-corrected chi connectivity index (χ2v) is 4.37. The fourth-order valence-electron chi connectivity index (χ4n) is 1.46. The first kappa shape index (κ1) is 12.4. The van der Waals surface area contributed by atoms with Gasteiger partial charge in [0, 0.05) is 17.7 Å². The van der Waals surface area contributed by atoms with Crippen LogP contribution in [0.25, 0.3) is 0 Å². The Morgan fingerprint density at radius 1 is 1.39 bits per heavy atom. The number of nitrogen functional groups attached to an aromatic ring is 1. The van der Waals surface area contributed by atoms with E-state index in [1.807, 2.05) is 32.0 Å². The van der Waals surface area contributed by atoms with E-state index in [0.717, 1.165) is 11.6 Å². The van der Waals surface area contributed by atoms with Gasteiger partial charge in [-0.25, -0.2) is 0 Å². The minimum Gasteiger partial charge on any atom is -0.493 e. The quantitative estimate of drug-likeness (QED) is 0.821. The van der Waals surface area contributed by atoms with Gasteiger partial charge in [-0.1, -0.05) is 25.1 Å². The third kappa shape index (κ3) is 3.23. The molecule has 0 bridgehead atoms. The summed E-state index contributed by atoms with van der Waals surface area (Å²) in [6, 6.07) is 7.32. The maximum Gasteiger partial charge on any atom is 0.230 e. The third-order valence-corrected chi connectivity index (χ3v) is 2.44. The average Bonchev–Trinajstić information content (AvgIpc) is 2.78. The van der Waals surface area contributed by atoms with Gasteiger partial charge in [0.15, 0.2) is 5.82 Å². The first-order valence-corrected chi connectivity index (χ1v) is 5.96. The molecule has 0 amide bonds. The summed E-state index contributed by atoms with van der Waals surface area (Å²) in [5.41, 5.74) is 6.34. The van der Waals surface area contributed by atoms with Crippen molar-refractivity contribution in [1.29, 1.82) is 0 Å². The summed E-state index contributed by atoms with van der Waals surface area (Å²) < 4.78 is 10.7. The van der Waals surface area contributed by atoms with Crippen molar-refractivity contribution < 1.29 is 9.26 Å². The van der Waals surface area contributed by atoms with Crippen LogP contribution in [0, 0.1) is 0 Å². The van der Waals surface area contributed by atoms with Crippen molar-refractivity contribution in [3.63, 3.8) is 0 Å². The van der Waals surface area contributed by atoms with Crippen molar-refractivity contribution >= 4 is 5.69 Å². The Bertz CT molecular complexity index is 508. The zero-order valence-electron chi connectivity index (χ0n) is 10.6. The summed E-state index contributed by atoms with van der Waals surface area (Å²) in [4.78, 5) is 4.28. The highest BCUT2D eigenvalue weighted by molar-refractivity contribution is 5.43. The molecule has 0 spiro atoms. The van der Waals surface area contributed by atoms with Crippen LogP contribution in [0.1, 0.15) is 31.5 Å². The van der Waals surface area contributed by atoms with E-state index in [1.165, 1.54) is 0 Å². The summed E-state index contributed by atoms with van der Waals surface area (Å²) in [5.74, 6) is 2.35. The Morgan fingerprint density at radius 2 is 2.22 bits per heavy atom. The van der Waals surface area contributed by atoms with Crippen LogP contribution in [0.15, 0.2) is 28.8 Å². The number of hydrogen-bond donors (Lipinski definition) is 1. The summed E-state index contributed by atoms with van der Waals surface area (Å²) in [6.45, 7) is 4.54. The Balaban J connectivity index is 1.84. The van der Waals surface area contributed by atoms with Crippen LogP contribution in [0.4, 0.5) is 5.69 Å². The zero-order chi connectivity index (χ0) is 13.0. The summed E-state index contributed by atoms with van der Waals surface area (Å²) >= 11 is 0. The van der Waals surface area contributed by atoms with Crippen molar-refractivity contribution in [2.75, 3.05) is 12.3 Å². The van der Waals surface area contributed by atoms with Gasteiger partial charge in [-0.2, -0.15) is 4.98 Å². The first-order valence-electron chi connectivity index (χ1n) is 5.96. The van der Waals surface area contributed by atoms with Crippen molar-refractivity contribution in [1.82, 2.24) is 10.1 Å². The van der Waals surface area contributed by atoms with Crippen LogP contribution < -0.4 is 10.5 Å². The second-order valence-electron chi connectivity index (χ2n) is 4.37. The van der Waals surface area contributed by atoms with Gasteiger partial charge in [0.1, 0.15) is 5.75 Å². The summed E-state index contributed by atoms with van der Waals surface area (Å²) in [7, 11) is 0. The van der Waals surface area contributed by atoms with E-state index in [4.69, 9.17) is 15.0 Å². The molecule has 2 N–H and O–H groups in total. The minimum atomic E-state index is 0.275. The average molecular weight is 247 g/mol. The van der Waals surface area contributed by atoms with E-state index in [9.17, 15) is 0 Å². The van der Waals surface area contributed by atoms with Gasteiger partial charge in [0.2, 0.25) is 5.89 Å². The standard InChI is InChI=1S/C13H17N3O2/c1-9(2)13-15-12(18-16-13)6-7-17-11-5-3-4-10(14)8-11/h3-5,8-9H,6-7,14H2,1-2H3. The van der Waals surface area contributed by atoms with E-state index < -0.39 is 0 Å². The molecule has 2 rings (SSSR count). The maximum atomic E-state index is 5.66. The molecule has 0 saturated carbocycles. The molecule has 5 heteroatoms. The molecule has 0 fully saturated rings. The molecule has 0 saturated heterocycles. The molecule has 1 aromatic carbocycles.